The van der Waals surface area contributed by atoms with E-state index in [1.54, 1.807) is 11.8 Å². The zero-order chi connectivity index (χ0) is 52.6. The van der Waals surface area contributed by atoms with Gasteiger partial charge in [-0.1, -0.05) is 60.3 Å². The lowest BCUT2D eigenvalue weighted by atomic mass is 9.90. The summed E-state index contributed by atoms with van der Waals surface area (Å²) in [7, 11) is 3.95. The van der Waals surface area contributed by atoms with Crippen molar-refractivity contribution < 1.29 is 50.8 Å². The van der Waals surface area contributed by atoms with Gasteiger partial charge in [0.15, 0.2) is 18.5 Å². The number of carbonyl (C=O) groups excluding carboxylic acids is 4. The smallest absolute Gasteiger partial charge is 0.264 e. The summed E-state index contributed by atoms with van der Waals surface area (Å²) >= 11 is 1.58. The summed E-state index contributed by atoms with van der Waals surface area (Å²) in [5, 5.41) is 12.5. The van der Waals surface area contributed by atoms with E-state index in [1.165, 1.54) is 0 Å². The Morgan fingerprint density at radius 1 is 0.784 bits per heavy atom. The molecule has 0 radical (unpaired) electrons. The molecular formula is C55H62N8O9S2+2. The van der Waals surface area contributed by atoms with Crippen LogP contribution in [-0.4, -0.2) is 120 Å². The van der Waals surface area contributed by atoms with Gasteiger partial charge in [-0.05, 0) is 95.0 Å². The number of pyridine rings is 1. The number of allylic oxidation sites excluding steroid dienone is 5. The number of amides is 4. The summed E-state index contributed by atoms with van der Waals surface area (Å²) in [5.74, 6) is -1.51. The largest absolute Gasteiger partial charge is 0.484 e. The molecule has 74 heavy (non-hydrogen) atoms. The summed E-state index contributed by atoms with van der Waals surface area (Å²) in [5.41, 5.74) is 9.12. The fourth-order valence-corrected chi connectivity index (χ4v) is 9.71. The van der Waals surface area contributed by atoms with Gasteiger partial charge in [0, 0.05) is 62.1 Å². The molecule has 4 aromatic carbocycles. The normalized spacial score (nSPS) is 13.4. The first kappa shape index (κ1) is 54.2. The molecule has 1 aromatic heterocycles. The molecule has 386 valence electrons. The minimum absolute atomic E-state index is 0.0315. The van der Waals surface area contributed by atoms with Crippen molar-refractivity contribution in [2.24, 2.45) is 0 Å². The van der Waals surface area contributed by atoms with Crippen molar-refractivity contribution in [2.45, 2.75) is 30.8 Å². The van der Waals surface area contributed by atoms with Crippen molar-refractivity contribution in [1.82, 2.24) is 21.3 Å². The highest BCUT2D eigenvalue weighted by Crippen LogP contribution is 2.47. The van der Waals surface area contributed by atoms with Crippen molar-refractivity contribution in [3.05, 3.63) is 161 Å². The standard InChI is InChI=1S/C55H60N8O9S2/c1-60(2)43-20-14-39(15-21-43)55(40-16-22-44(23-17-40)61(3)4)41-18-24-45(25-19-41)72-36-53(67)58-37-57-50(64)27-31-71-32-28-56-51(65)35-52(66)59-38-62-30-26-42(46-10-5-6-11-47(46)62)34-54-63(29-9-33-74(68,69)70)48-12-7-8-13-49(48)73-54/h5-8,10-26,30,34H,9,27-29,31-33,35-38H2,1-4H3,(H3-2,56,57,58,59,64,65,66,67,68,69,70)/p+2. The number of thioether (sulfide) groups is 1. The summed E-state index contributed by atoms with van der Waals surface area (Å²) < 4.78 is 47.3. The van der Waals surface area contributed by atoms with Gasteiger partial charge < -0.3 is 40.5 Å². The molecule has 0 bridgehead atoms. The van der Waals surface area contributed by atoms with E-state index < -0.39 is 27.8 Å². The van der Waals surface area contributed by atoms with Crippen molar-refractivity contribution in [3.63, 3.8) is 0 Å². The Bertz CT molecular complexity index is 3110. The third-order valence-corrected chi connectivity index (χ3v) is 13.8. The third-order valence-electron chi connectivity index (χ3n) is 11.9. The van der Waals surface area contributed by atoms with Crippen LogP contribution in [0.15, 0.2) is 149 Å². The van der Waals surface area contributed by atoms with Gasteiger partial charge in [-0.2, -0.15) is 13.0 Å². The molecule has 7 rings (SSSR count). The number of nitrogens with zero attached hydrogens (tertiary/aromatic N) is 4. The zero-order valence-corrected chi connectivity index (χ0v) is 43.5. The Morgan fingerprint density at radius 2 is 1.46 bits per heavy atom. The van der Waals surface area contributed by atoms with Crippen LogP contribution in [0.25, 0.3) is 22.6 Å². The van der Waals surface area contributed by atoms with Crippen LogP contribution >= 0.6 is 11.8 Å². The van der Waals surface area contributed by atoms with Gasteiger partial charge >= 0.3 is 0 Å². The summed E-state index contributed by atoms with van der Waals surface area (Å²) in [6.45, 7) is 0.530. The molecule has 0 fully saturated rings. The monoisotopic (exact) mass is 1040 g/mol. The van der Waals surface area contributed by atoms with Crippen molar-refractivity contribution in [2.75, 3.05) is 83.3 Å². The Kier molecular flexibility index (Phi) is 19.0. The topological polar surface area (TPSA) is 203 Å². The lowest BCUT2D eigenvalue weighted by Gasteiger charge is -2.20. The highest BCUT2D eigenvalue weighted by atomic mass is 32.2. The van der Waals surface area contributed by atoms with Crippen LogP contribution in [0, 0.1) is 0 Å². The van der Waals surface area contributed by atoms with Crippen LogP contribution in [0.2, 0.25) is 0 Å². The van der Waals surface area contributed by atoms with Gasteiger partial charge in [0.25, 0.3) is 16.0 Å². The number of rotatable bonds is 23. The van der Waals surface area contributed by atoms with Gasteiger partial charge in [0.05, 0.1) is 48.2 Å². The first-order chi connectivity index (χ1) is 35.6. The molecule has 2 aliphatic rings. The number of fused-ring (bicyclic) bond motifs is 2. The molecule has 1 aliphatic heterocycles. The van der Waals surface area contributed by atoms with E-state index in [0.717, 1.165) is 65.8 Å². The highest BCUT2D eigenvalue weighted by molar-refractivity contribution is 8.03. The number of aromatic nitrogens is 1. The third kappa shape index (κ3) is 15.5. The molecule has 0 spiro atoms. The van der Waals surface area contributed by atoms with Crippen LogP contribution in [0.5, 0.6) is 5.75 Å². The molecule has 5 aromatic rings. The van der Waals surface area contributed by atoms with E-state index in [-0.39, 0.29) is 70.6 Å². The highest BCUT2D eigenvalue weighted by Gasteiger charge is 2.26. The van der Waals surface area contributed by atoms with Gasteiger partial charge in [-0.25, -0.2) is 4.58 Å². The Morgan fingerprint density at radius 3 is 2.18 bits per heavy atom. The minimum Gasteiger partial charge on any atom is -0.484 e. The first-order valence-electron chi connectivity index (χ1n) is 24.0. The number of benzene rings is 4. The summed E-state index contributed by atoms with van der Waals surface area (Å²) in [6.07, 6.45) is 12.2. The molecule has 19 heteroatoms. The van der Waals surface area contributed by atoms with Crippen LogP contribution in [0.3, 0.4) is 0 Å². The fraction of sp³-hybridized carbons (Fsp3) is 0.273. The second-order valence-corrected chi connectivity index (χ2v) is 20.3. The van der Waals surface area contributed by atoms with Gasteiger partial charge in [0.2, 0.25) is 29.9 Å². The zero-order valence-electron chi connectivity index (χ0n) is 41.9. The van der Waals surface area contributed by atoms with Crippen molar-refractivity contribution >= 4 is 85.1 Å². The lowest BCUT2D eigenvalue weighted by Crippen LogP contribution is -2.45. The van der Waals surface area contributed by atoms with Gasteiger partial charge in [-0.15, -0.1) is 0 Å². The number of nitrogens with one attached hydrogen (secondary N) is 4. The number of ether oxygens (including phenoxy) is 2. The maximum absolute atomic E-state index is 12.8. The molecule has 0 saturated heterocycles. The summed E-state index contributed by atoms with van der Waals surface area (Å²) in [4.78, 5) is 55.4. The molecule has 0 atom stereocenters. The number of hydrogen-bond acceptors (Lipinski definition) is 11. The number of anilines is 2. The maximum Gasteiger partial charge on any atom is 0.264 e. The predicted molar refractivity (Wildman–Crippen MR) is 289 cm³/mol. The van der Waals surface area contributed by atoms with E-state index >= 15 is 0 Å². The number of para-hydroxylation sites is 2. The molecule has 2 heterocycles. The van der Waals surface area contributed by atoms with Crippen molar-refractivity contribution in [1.29, 1.82) is 0 Å². The quantitative estimate of drug-likeness (QED) is 0.0187. The Balaban J connectivity index is 0.778. The number of carbonyl (C=O) groups is 4. The average Bonchev–Trinajstić information content (AvgIpc) is 3.73. The van der Waals surface area contributed by atoms with Crippen molar-refractivity contribution in [3.8, 4) is 5.75 Å². The van der Waals surface area contributed by atoms with E-state index in [9.17, 15) is 32.1 Å². The molecule has 17 nitrogen and oxygen atoms in total. The average molecular weight is 1040 g/mol. The second kappa shape index (κ2) is 25.9. The molecule has 0 saturated carbocycles. The van der Waals surface area contributed by atoms with E-state index in [4.69, 9.17) is 9.47 Å². The Labute approximate surface area is 436 Å². The molecule has 4 amide bonds. The predicted octanol–water partition coefficient (Wildman–Crippen LogP) is 5.28. The maximum atomic E-state index is 12.8. The van der Waals surface area contributed by atoms with Crippen LogP contribution in [0.4, 0.5) is 11.4 Å². The second-order valence-electron chi connectivity index (χ2n) is 17.7. The summed E-state index contributed by atoms with van der Waals surface area (Å²) in [6, 6.07) is 33.5. The first-order valence-corrected chi connectivity index (χ1v) is 26.5. The molecule has 1 aliphatic carbocycles. The number of hydrogen-bond donors (Lipinski definition) is 5. The van der Waals surface area contributed by atoms with E-state index in [1.807, 2.05) is 124 Å². The lowest BCUT2D eigenvalue weighted by molar-refractivity contribution is -0.674. The van der Waals surface area contributed by atoms with Gasteiger partial charge in [-0.3, -0.25) is 23.7 Å². The SMILES string of the molecule is CN(C)c1ccc(C(=C2C=CC(=[N+](C)C)C=C2)c2ccc(OCC(=O)NCNC(=O)CCOCCNC(=O)CC(=O)NC[n+]3ccc(/C=C4\Sc5ccccc5N4CCCS(=O)(=O)O)c4ccccc43)cc2)cc1. The fourth-order valence-electron chi connectivity index (χ4n) is 8.08. The van der Waals surface area contributed by atoms with E-state index in [2.05, 4.69) is 84.2 Å². The molecular weight excluding hydrogens is 981 g/mol. The molecule has 0 unspecified atom stereocenters. The Hall–Kier alpha value is -7.58. The van der Waals surface area contributed by atoms with Crippen LogP contribution < -0.4 is 40.4 Å². The molecule has 5 N–H and O–H groups in total. The van der Waals surface area contributed by atoms with Gasteiger partial charge in [0.1, 0.15) is 26.3 Å². The minimum atomic E-state index is -4.09. The van der Waals surface area contributed by atoms with E-state index in [0.29, 0.717) is 12.3 Å². The van der Waals surface area contributed by atoms with Crippen LogP contribution in [0.1, 0.15) is 36.0 Å². The van der Waals surface area contributed by atoms with Crippen LogP contribution in [-0.2, 0) is 40.7 Å².